The van der Waals surface area contributed by atoms with Crippen LogP contribution in [0.1, 0.15) is 22.3 Å². The van der Waals surface area contributed by atoms with Crippen LogP contribution in [0.2, 0.25) is 10.0 Å². The van der Waals surface area contributed by atoms with Gasteiger partial charge in [-0.2, -0.15) is 0 Å². The maximum Gasteiger partial charge on any atom is 0.328 e. The summed E-state index contributed by atoms with van der Waals surface area (Å²) in [5.41, 5.74) is 0.360. The van der Waals surface area contributed by atoms with Gasteiger partial charge in [0.25, 0.3) is 5.91 Å². The van der Waals surface area contributed by atoms with Crippen LogP contribution < -0.4 is 14.8 Å². The molecule has 0 saturated heterocycles. The van der Waals surface area contributed by atoms with E-state index >= 15 is 0 Å². The van der Waals surface area contributed by atoms with Gasteiger partial charge in [0.2, 0.25) is 0 Å². The number of methoxy groups -OCH3 is 1. The average Bonchev–Trinajstić information content (AvgIpc) is 3.10. The summed E-state index contributed by atoms with van der Waals surface area (Å²) in [6.07, 6.45) is 0.382. The van der Waals surface area contributed by atoms with Gasteiger partial charge in [0, 0.05) is 29.5 Å². The van der Waals surface area contributed by atoms with Crippen molar-refractivity contribution >= 4 is 35.1 Å². The van der Waals surface area contributed by atoms with E-state index in [9.17, 15) is 22.8 Å². The summed E-state index contributed by atoms with van der Waals surface area (Å²) in [6, 6.07) is 7.10. The van der Waals surface area contributed by atoms with Gasteiger partial charge in [-0.15, -0.1) is 0 Å². The molecule has 0 spiro atoms. The van der Waals surface area contributed by atoms with Crippen LogP contribution in [0.15, 0.2) is 42.5 Å². The first kappa shape index (κ1) is 26.6. The van der Waals surface area contributed by atoms with E-state index in [0.717, 1.165) is 37.4 Å². The molecule has 4 rings (SSSR count). The number of ether oxygens (including phenoxy) is 3. The Kier molecular flexibility index (Phi) is 8.14. The molecule has 1 N–H and O–H groups in total. The number of rotatable bonds is 6. The highest BCUT2D eigenvalue weighted by Crippen LogP contribution is 2.47. The molecule has 1 aliphatic heterocycles. The minimum Gasteiger partial charge on any atom is -0.489 e. The lowest BCUT2D eigenvalue weighted by Crippen LogP contribution is -2.43. The van der Waals surface area contributed by atoms with Crippen molar-refractivity contribution in [2.75, 3.05) is 20.3 Å². The molecule has 11 heteroatoms. The summed E-state index contributed by atoms with van der Waals surface area (Å²) in [7, 11) is 1.12. The van der Waals surface area contributed by atoms with Crippen molar-refractivity contribution in [1.82, 2.24) is 5.32 Å². The standard InChI is InChI=1S/C26H20Cl2F3NO5/c1-35-26(34)20(32-25(33)22-18(30)4-2-5-19(22)31)10-13-6-7-15(24-23(13)36-8-3-9-37-24)21-16(27)11-14(29)12-17(21)28/h2,4-7,11-12,20H,3,8-10H2,1H3,(H,32,33)/t20-/m0/s1. The summed E-state index contributed by atoms with van der Waals surface area (Å²) in [6.45, 7) is 0.577. The lowest BCUT2D eigenvalue weighted by atomic mass is 9.97. The number of carbonyl (C=O) groups is 2. The van der Waals surface area contributed by atoms with Gasteiger partial charge >= 0.3 is 5.97 Å². The van der Waals surface area contributed by atoms with E-state index in [4.69, 9.17) is 37.4 Å². The topological polar surface area (TPSA) is 73.9 Å². The predicted molar refractivity (Wildman–Crippen MR) is 131 cm³/mol. The maximum absolute atomic E-state index is 14.1. The van der Waals surface area contributed by atoms with Crippen LogP contribution in [-0.4, -0.2) is 38.2 Å². The van der Waals surface area contributed by atoms with Crippen molar-refractivity contribution in [2.24, 2.45) is 0 Å². The van der Waals surface area contributed by atoms with E-state index in [-0.39, 0.29) is 34.6 Å². The number of halogens is 5. The number of esters is 1. The van der Waals surface area contributed by atoms with E-state index in [1.807, 2.05) is 0 Å². The van der Waals surface area contributed by atoms with Crippen molar-refractivity contribution in [1.29, 1.82) is 0 Å². The molecule has 1 atom stereocenters. The first-order valence-corrected chi connectivity index (χ1v) is 11.9. The molecule has 0 aliphatic carbocycles. The predicted octanol–water partition coefficient (Wildman–Crippen LogP) is 5.75. The fourth-order valence-electron chi connectivity index (χ4n) is 3.97. The van der Waals surface area contributed by atoms with Crippen molar-refractivity contribution in [3.05, 3.63) is 81.1 Å². The number of benzene rings is 3. The lowest BCUT2D eigenvalue weighted by molar-refractivity contribution is -0.142. The van der Waals surface area contributed by atoms with Crippen molar-refractivity contribution in [3.63, 3.8) is 0 Å². The van der Waals surface area contributed by atoms with Crippen LogP contribution in [-0.2, 0) is 16.0 Å². The molecule has 1 amide bonds. The first-order chi connectivity index (χ1) is 17.7. The molecule has 0 bridgehead atoms. The van der Waals surface area contributed by atoms with Gasteiger partial charge in [0.05, 0.1) is 30.4 Å². The van der Waals surface area contributed by atoms with Crippen molar-refractivity contribution < 1.29 is 37.0 Å². The summed E-state index contributed by atoms with van der Waals surface area (Å²) in [4.78, 5) is 25.2. The third kappa shape index (κ3) is 5.62. The van der Waals surface area contributed by atoms with E-state index in [2.05, 4.69) is 5.32 Å². The number of amides is 1. The number of hydrogen-bond acceptors (Lipinski definition) is 5. The second kappa shape index (κ2) is 11.3. The van der Waals surface area contributed by atoms with Gasteiger partial charge in [-0.1, -0.05) is 35.3 Å². The summed E-state index contributed by atoms with van der Waals surface area (Å²) in [5.74, 6) is -4.22. The smallest absolute Gasteiger partial charge is 0.328 e. The van der Waals surface area contributed by atoms with Crippen LogP contribution in [0, 0.1) is 17.5 Å². The van der Waals surface area contributed by atoms with Crippen LogP contribution in [0.3, 0.4) is 0 Å². The van der Waals surface area contributed by atoms with Crippen LogP contribution in [0.4, 0.5) is 13.2 Å². The quantitative estimate of drug-likeness (QED) is 0.393. The number of nitrogens with one attached hydrogen (secondary N) is 1. The third-order valence-corrected chi connectivity index (χ3v) is 6.25. The van der Waals surface area contributed by atoms with Crippen LogP contribution >= 0.6 is 23.2 Å². The molecule has 0 radical (unpaired) electrons. The molecule has 1 aliphatic rings. The van der Waals surface area contributed by atoms with Gasteiger partial charge < -0.3 is 19.5 Å². The Morgan fingerprint density at radius 3 is 2.24 bits per heavy atom. The molecular weight excluding hydrogens is 534 g/mol. The molecule has 0 unspecified atom stereocenters. The minimum atomic E-state index is -1.32. The SMILES string of the molecule is COC(=O)[C@H](Cc1ccc(-c2c(Cl)cc(F)cc2Cl)c2c1OCCCO2)NC(=O)c1c(F)cccc1F. The molecule has 0 saturated carbocycles. The molecule has 0 aromatic heterocycles. The summed E-state index contributed by atoms with van der Waals surface area (Å²) < 4.78 is 58.7. The number of fused-ring (bicyclic) bond motifs is 1. The monoisotopic (exact) mass is 553 g/mol. The molecule has 3 aromatic rings. The van der Waals surface area contributed by atoms with Gasteiger partial charge in [-0.25, -0.2) is 18.0 Å². The number of hydrogen-bond donors (Lipinski definition) is 1. The average molecular weight is 554 g/mol. The van der Waals surface area contributed by atoms with Crippen LogP contribution in [0.25, 0.3) is 11.1 Å². The Morgan fingerprint density at radius 1 is 1.00 bits per heavy atom. The Morgan fingerprint density at radius 2 is 1.62 bits per heavy atom. The van der Waals surface area contributed by atoms with Crippen molar-refractivity contribution in [3.8, 4) is 22.6 Å². The first-order valence-electron chi connectivity index (χ1n) is 11.1. The lowest BCUT2D eigenvalue weighted by Gasteiger charge is -2.21. The van der Waals surface area contributed by atoms with E-state index in [1.165, 1.54) is 0 Å². The molecule has 1 heterocycles. The highest BCUT2D eigenvalue weighted by atomic mass is 35.5. The minimum absolute atomic E-state index is 0.0550. The Bertz CT molecular complexity index is 1330. The second-order valence-electron chi connectivity index (χ2n) is 8.08. The molecule has 0 fully saturated rings. The third-order valence-electron chi connectivity index (χ3n) is 5.66. The zero-order valence-corrected chi connectivity index (χ0v) is 20.9. The van der Waals surface area contributed by atoms with E-state index < -0.39 is 40.9 Å². The van der Waals surface area contributed by atoms with Gasteiger partial charge in [-0.05, 0) is 30.3 Å². The number of carbonyl (C=O) groups excluding carboxylic acids is 2. The molecule has 37 heavy (non-hydrogen) atoms. The fourth-order valence-corrected chi connectivity index (χ4v) is 4.63. The zero-order chi connectivity index (χ0) is 26.7. The summed E-state index contributed by atoms with van der Waals surface area (Å²) in [5, 5.41) is 2.44. The zero-order valence-electron chi connectivity index (χ0n) is 19.4. The molecular formula is C26H20Cl2F3NO5. The molecule has 3 aromatic carbocycles. The highest BCUT2D eigenvalue weighted by molar-refractivity contribution is 6.39. The highest BCUT2D eigenvalue weighted by Gasteiger charge is 2.29. The Balaban J connectivity index is 1.74. The van der Waals surface area contributed by atoms with E-state index in [0.29, 0.717) is 29.7 Å². The van der Waals surface area contributed by atoms with E-state index in [1.54, 1.807) is 12.1 Å². The summed E-state index contributed by atoms with van der Waals surface area (Å²) >= 11 is 12.6. The second-order valence-corrected chi connectivity index (χ2v) is 8.89. The maximum atomic E-state index is 14.1. The molecule has 194 valence electrons. The van der Waals surface area contributed by atoms with Gasteiger partial charge in [0.1, 0.15) is 29.1 Å². The van der Waals surface area contributed by atoms with Gasteiger partial charge in [-0.3, -0.25) is 4.79 Å². The normalized spacial score (nSPS) is 13.5. The molecule has 6 nitrogen and oxygen atoms in total. The fraction of sp³-hybridized carbons (Fsp3) is 0.231. The Labute approximate surface area is 220 Å². The van der Waals surface area contributed by atoms with Gasteiger partial charge in [0.15, 0.2) is 11.5 Å². The Hall–Kier alpha value is -3.43. The van der Waals surface area contributed by atoms with Crippen LogP contribution in [0.5, 0.6) is 11.5 Å². The van der Waals surface area contributed by atoms with Crippen molar-refractivity contribution in [2.45, 2.75) is 18.9 Å². The largest absolute Gasteiger partial charge is 0.489 e.